The first-order valence-corrected chi connectivity index (χ1v) is 10.6. The SMILES string of the molecule is NC(=O)C1(C(=O)NCC2CC(c3c(-c4ccc(F)cc4)[nH]c4c(F)cc(F)cc34)C2)CC1. The Labute approximate surface area is 182 Å². The number of aromatic amines is 1. The summed E-state index contributed by atoms with van der Waals surface area (Å²) in [6.45, 7) is 0.418. The Kier molecular flexibility index (Phi) is 4.76. The van der Waals surface area contributed by atoms with Gasteiger partial charge in [0.1, 0.15) is 22.9 Å². The minimum Gasteiger partial charge on any atom is -0.369 e. The Bertz CT molecular complexity index is 1230. The molecule has 4 N–H and O–H groups in total. The number of fused-ring (bicyclic) bond motifs is 1. The van der Waals surface area contributed by atoms with Gasteiger partial charge in [0.05, 0.1) is 11.2 Å². The molecular formula is C24H22F3N3O2. The molecule has 1 heterocycles. The van der Waals surface area contributed by atoms with Crippen LogP contribution in [0.15, 0.2) is 36.4 Å². The predicted molar refractivity (Wildman–Crippen MR) is 113 cm³/mol. The lowest BCUT2D eigenvalue weighted by molar-refractivity contribution is -0.135. The number of aromatic nitrogens is 1. The number of benzene rings is 2. The molecule has 2 amide bonds. The molecule has 2 aromatic carbocycles. The number of carbonyl (C=O) groups excluding carboxylic acids is 2. The lowest BCUT2D eigenvalue weighted by atomic mass is 9.70. The number of H-pyrrole nitrogens is 1. The number of nitrogens with one attached hydrogen (secondary N) is 2. The largest absolute Gasteiger partial charge is 0.369 e. The van der Waals surface area contributed by atoms with E-state index in [-0.39, 0.29) is 29.1 Å². The third-order valence-electron chi connectivity index (χ3n) is 6.85. The molecule has 2 aliphatic carbocycles. The van der Waals surface area contributed by atoms with Crippen LogP contribution in [0.1, 0.15) is 37.2 Å². The molecule has 0 atom stereocenters. The zero-order chi connectivity index (χ0) is 22.6. The zero-order valence-corrected chi connectivity index (χ0v) is 17.2. The Morgan fingerprint density at radius 1 is 1.06 bits per heavy atom. The fourth-order valence-electron chi connectivity index (χ4n) is 4.76. The molecule has 0 saturated heterocycles. The number of hydrogen-bond acceptors (Lipinski definition) is 2. The van der Waals surface area contributed by atoms with Gasteiger partial charge in [0.25, 0.3) is 0 Å². The maximum absolute atomic E-state index is 14.5. The topological polar surface area (TPSA) is 88.0 Å². The molecule has 1 aromatic heterocycles. The van der Waals surface area contributed by atoms with E-state index >= 15 is 0 Å². The van der Waals surface area contributed by atoms with Gasteiger partial charge in [-0.2, -0.15) is 0 Å². The minimum absolute atomic E-state index is 0.0259. The molecule has 0 aliphatic heterocycles. The lowest BCUT2D eigenvalue weighted by Crippen LogP contribution is -2.43. The summed E-state index contributed by atoms with van der Waals surface area (Å²) in [4.78, 5) is 26.9. The van der Waals surface area contributed by atoms with Gasteiger partial charge in [0.2, 0.25) is 11.8 Å². The molecule has 166 valence electrons. The summed E-state index contributed by atoms with van der Waals surface area (Å²) in [5, 5.41) is 3.31. The Balaban J connectivity index is 1.38. The second kappa shape index (κ2) is 7.39. The molecule has 0 unspecified atom stereocenters. The van der Waals surface area contributed by atoms with Gasteiger partial charge in [-0.3, -0.25) is 9.59 Å². The van der Waals surface area contributed by atoms with E-state index in [4.69, 9.17) is 5.73 Å². The van der Waals surface area contributed by atoms with Gasteiger partial charge in [-0.1, -0.05) is 0 Å². The van der Waals surface area contributed by atoms with Crippen molar-refractivity contribution >= 4 is 22.7 Å². The van der Waals surface area contributed by atoms with Gasteiger partial charge in [-0.25, -0.2) is 13.2 Å². The Morgan fingerprint density at radius 3 is 2.38 bits per heavy atom. The first-order valence-electron chi connectivity index (χ1n) is 10.6. The van der Waals surface area contributed by atoms with E-state index in [9.17, 15) is 22.8 Å². The highest BCUT2D eigenvalue weighted by Gasteiger charge is 2.55. The van der Waals surface area contributed by atoms with Gasteiger partial charge in [0, 0.05) is 18.0 Å². The Morgan fingerprint density at radius 2 is 1.75 bits per heavy atom. The van der Waals surface area contributed by atoms with E-state index in [2.05, 4.69) is 10.3 Å². The van der Waals surface area contributed by atoms with Gasteiger partial charge in [0.15, 0.2) is 0 Å². The first-order chi connectivity index (χ1) is 15.3. The first kappa shape index (κ1) is 20.6. The van der Waals surface area contributed by atoms with Crippen molar-refractivity contribution in [1.82, 2.24) is 10.3 Å². The number of hydrogen-bond donors (Lipinski definition) is 3. The van der Waals surface area contributed by atoms with Crippen LogP contribution >= 0.6 is 0 Å². The van der Waals surface area contributed by atoms with Crippen LogP contribution in [-0.2, 0) is 9.59 Å². The molecular weight excluding hydrogens is 419 g/mol. The van der Waals surface area contributed by atoms with Crippen molar-refractivity contribution in [3.05, 3.63) is 59.4 Å². The quantitative estimate of drug-likeness (QED) is 0.503. The van der Waals surface area contributed by atoms with Crippen molar-refractivity contribution in [2.24, 2.45) is 17.1 Å². The van der Waals surface area contributed by atoms with Crippen molar-refractivity contribution in [3.63, 3.8) is 0 Å². The number of amides is 2. The predicted octanol–water partition coefficient (Wildman–Crippen LogP) is 4.13. The molecule has 0 bridgehead atoms. The van der Waals surface area contributed by atoms with Crippen LogP contribution in [0, 0.1) is 28.8 Å². The molecule has 2 aliphatic rings. The van der Waals surface area contributed by atoms with Gasteiger partial charge in [-0.05, 0) is 79.0 Å². The van der Waals surface area contributed by atoms with Crippen LogP contribution in [0.4, 0.5) is 13.2 Å². The average Bonchev–Trinajstić information content (AvgIpc) is 3.45. The number of carbonyl (C=O) groups is 2. The number of nitrogens with two attached hydrogens (primary N) is 1. The summed E-state index contributed by atoms with van der Waals surface area (Å²) in [6, 6.07) is 8.01. The maximum atomic E-state index is 14.5. The summed E-state index contributed by atoms with van der Waals surface area (Å²) < 4.78 is 41.9. The van der Waals surface area contributed by atoms with Crippen molar-refractivity contribution in [2.45, 2.75) is 31.6 Å². The molecule has 2 saturated carbocycles. The minimum atomic E-state index is -1.05. The molecule has 2 fully saturated rings. The van der Waals surface area contributed by atoms with Gasteiger partial charge in [-0.15, -0.1) is 0 Å². The van der Waals surface area contributed by atoms with Crippen molar-refractivity contribution < 1.29 is 22.8 Å². The van der Waals surface area contributed by atoms with Gasteiger partial charge < -0.3 is 16.0 Å². The highest BCUT2D eigenvalue weighted by atomic mass is 19.1. The van der Waals surface area contributed by atoms with E-state index in [0.717, 1.165) is 11.6 Å². The zero-order valence-electron chi connectivity index (χ0n) is 17.2. The standard InChI is InChI=1S/C24H22F3N3O2/c25-15-3-1-13(2-4-15)20-19(17-9-16(26)10-18(27)21(17)30-20)14-7-12(8-14)11-29-23(32)24(5-6-24)22(28)31/h1-4,9-10,12,14,30H,5-8,11H2,(H2,28,31)(H,29,32). The molecule has 3 aromatic rings. The number of primary amides is 1. The van der Waals surface area contributed by atoms with Crippen molar-refractivity contribution in [1.29, 1.82) is 0 Å². The molecule has 32 heavy (non-hydrogen) atoms. The second-order valence-corrected chi connectivity index (χ2v) is 8.92. The summed E-state index contributed by atoms with van der Waals surface area (Å²) in [5.74, 6) is -2.43. The third-order valence-corrected chi connectivity index (χ3v) is 6.85. The smallest absolute Gasteiger partial charge is 0.235 e. The highest BCUT2D eigenvalue weighted by molar-refractivity contribution is 6.07. The van der Waals surface area contributed by atoms with Crippen LogP contribution in [-0.4, -0.2) is 23.3 Å². The van der Waals surface area contributed by atoms with Crippen LogP contribution < -0.4 is 11.1 Å². The molecule has 0 spiro atoms. The van der Waals surface area contributed by atoms with Gasteiger partial charge >= 0.3 is 0 Å². The van der Waals surface area contributed by atoms with E-state index in [1.165, 1.54) is 18.2 Å². The fraction of sp³-hybridized carbons (Fsp3) is 0.333. The Hall–Kier alpha value is -3.29. The summed E-state index contributed by atoms with van der Waals surface area (Å²) >= 11 is 0. The summed E-state index contributed by atoms with van der Waals surface area (Å²) in [6.07, 6.45) is 2.39. The normalized spacial score (nSPS) is 21.2. The summed E-state index contributed by atoms with van der Waals surface area (Å²) in [7, 11) is 0. The van der Waals surface area contributed by atoms with Crippen molar-refractivity contribution in [2.75, 3.05) is 6.54 Å². The van der Waals surface area contributed by atoms with Crippen LogP contribution in [0.25, 0.3) is 22.2 Å². The van der Waals surface area contributed by atoms with E-state index in [0.29, 0.717) is 48.9 Å². The van der Waals surface area contributed by atoms with E-state index in [1.807, 2.05) is 0 Å². The van der Waals surface area contributed by atoms with E-state index < -0.39 is 23.0 Å². The molecule has 5 nitrogen and oxygen atoms in total. The average molecular weight is 441 g/mol. The monoisotopic (exact) mass is 441 g/mol. The van der Waals surface area contributed by atoms with Crippen LogP contribution in [0.3, 0.4) is 0 Å². The molecule has 8 heteroatoms. The molecule has 0 radical (unpaired) electrons. The lowest BCUT2D eigenvalue weighted by Gasteiger charge is -2.36. The van der Waals surface area contributed by atoms with Crippen LogP contribution in [0.2, 0.25) is 0 Å². The maximum Gasteiger partial charge on any atom is 0.235 e. The summed E-state index contributed by atoms with van der Waals surface area (Å²) in [5.41, 5.74) is 6.63. The third kappa shape index (κ3) is 3.34. The fourth-order valence-corrected chi connectivity index (χ4v) is 4.76. The van der Waals surface area contributed by atoms with E-state index in [1.54, 1.807) is 12.1 Å². The van der Waals surface area contributed by atoms with Crippen LogP contribution in [0.5, 0.6) is 0 Å². The second-order valence-electron chi connectivity index (χ2n) is 8.92. The van der Waals surface area contributed by atoms with Crippen molar-refractivity contribution in [3.8, 4) is 11.3 Å². The number of rotatable bonds is 6. The number of halogens is 3. The molecule has 5 rings (SSSR count). The highest BCUT2D eigenvalue weighted by Crippen LogP contribution is 2.49.